The summed E-state index contributed by atoms with van der Waals surface area (Å²) in [6.45, 7) is 0. The van der Waals surface area contributed by atoms with Crippen molar-refractivity contribution in [1.82, 2.24) is 19.9 Å². The molecule has 0 saturated heterocycles. The van der Waals surface area contributed by atoms with Gasteiger partial charge in [-0.1, -0.05) is 91.0 Å². The second-order valence-electron chi connectivity index (χ2n) is 11.7. The third-order valence-corrected chi connectivity index (χ3v) is 9.56. The van der Waals surface area contributed by atoms with Gasteiger partial charge < -0.3 is 14.7 Å². The molecule has 2 N–H and O–H groups in total. The van der Waals surface area contributed by atoms with Crippen LogP contribution in [0.5, 0.6) is 11.5 Å². The van der Waals surface area contributed by atoms with Crippen LogP contribution >= 0.6 is 15.9 Å². The maximum absolute atomic E-state index is 6.76. The fourth-order valence-corrected chi connectivity index (χ4v) is 6.88. The quantitative estimate of drug-likeness (QED) is 0.194. The molecule has 0 atom stereocenters. The lowest BCUT2D eigenvalue weighted by molar-refractivity contribution is 0.477. The number of fused-ring (bicyclic) bond motifs is 9. The van der Waals surface area contributed by atoms with E-state index in [1.54, 1.807) is 0 Å². The van der Waals surface area contributed by atoms with Crippen molar-refractivity contribution in [1.29, 1.82) is 0 Å². The van der Waals surface area contributed by atoms with Gasteiger partial charge in [-0.25, -0.2) is 9.97 Å². The van der Waals surface area contributed by atoms with Crippen molar-refractivity contribution in [3.8, 4) is 33.8 Å². The molecule has 7 aromatic rings. The molecule has 228 valence electrons. The molecule has 0 amide bonds. The Balaban J connectivity index is 1.39. The van der Waals surface area contributed by atoms with Gasteiger partial charge in [0, 0.05) is 22.2 Å². The normalized spacial score (nSPS) is 12.1. The summed E-state index contributed by atoms with van der Waals surface area (Å²) in [6, 6.07) is 43.5. The number of rotatable bonds is 4. The number of halogens is 1. The summed E-state index contributed by atoms with van der Waals surface area (Å²) >= 11 is 3.89. The Kier molecular flexibility index (Phi) is 6.87. The first-order valence-electron chi connectivity index (χ1n) is 15.8. The number of aromatic nitrogens is 4. The van der Waals surface area contributed by atoms with Crippen LogP contribution in [-0.2, 0) is 0 Å². The minimum atomic E-state index is 0.588. The van der Waals surface area contributed by atoms with Crippen molar-refractivity contribution < 1.29 is 4.74 Å². The number of ether oxygens (including phenoxy) is 1. The molecule has 0 aliphatic carbocycles. The maximum atomic E-state index is 6.76. The predicted octanol–water partition coefficient (Wildman–Crippen LogP) is 11.7. The smallest absolute Gasteiger partial charge is 0.178 e. The van der Waals surface area contributed by atoms with Gasteiger partial charge in [0.1, 0.15) is 17.1 Å². The van der Waals surface area contributed by atoms with Crippen LogP contribution in [0.3, 0.4) is 0 Å². The molecule has 9 rings (SSSR count). The molecular formula is C42H27BrN4O. The van der Waals surface area contributed by atoms with Gasteiger partial charge in [-0.2, -0.15) is 0 Å². The highest BCUT2D eigenvalue weighted by Gasteiger charge is 2.19. The Morgan fingerprint density at radius 3 is 1.50 bits per heavy atom. The largest absolute Gasteiger partial charge is 0.453 e. The fraction of sp³-hybridized carbons (Fsp3) is 0. The lowest BCUT2D eigenvalue weighted by Gasteiger charge is -2.09. The van der Waals surface area contributed by atoms with E-state index in [1.165, 1.54) is 0 Å². The molecule has 4 aromatic carbocycles. The third-order valence-electron chi connectivity index (χ3n) is 8.71. The van der Waals surface area contributed by atoms with Gasteiger partial charge in [0.2, 0.25) is 0 Å². The summed E-state index contributed by atoms with van der Waals surface area (Å²) in [5.41, 5.74) is 11.0. The summed E-state index contributed by atoms with van der Waals surface area (Å²) in [5, 5.41) is 2.25. The Labute approximate surface area is 285 Å². The van der Waals surface area contributed by atoms with E-state index in [4.69, 9.17) is 14.7 Å². The van der Waals surface area contributed by atoms with Crippen molar-refractivity contribution in [2.24, 2.45) is 0 Å². The Morgan fingerprint density at radius 2 is 0.938 bits per heavy atom. The summed E-state index contributed by atoms with van der Waals surface area (Å²) < 4.78 is 7.69. The standard InChI is InChI=1S/C42H27BrN4O/c43-41-35-21-17-31(44-35)39(27-10-3-1-4-11-27)33-19-23-37(46-33)42(48-30-16-15-26-9-7-8-14-29(26)25-30)38-24-20-34(47-38)40(28-12-5-2-6-13-28)32-18-22-36(41)45-32/h1-25,44-45H. The molecule has 0 saturated carbocycles. The number of benzene rings is 4. The first-order chi connectivity index (χ1) is 23.7. The van der Waals surface area contributed by atoms with Crippen LogP contribution in [0.1, 0.15) is 22.8 Å². The summed E-state index contributed by atoms with van der Waals surface area (Å²) in [4.78, 5) is 17.8. The second kappa shape index (κ2) is 11.7. The van der Waals surface area contributed by atoms with Crippen molar-refractivity contribution in [2.75, 3.05) is 0 Å². The number of hydrogen-bond acceptors (Lipinski definition) is 3. The Bertz CT molecular complexity index is 2460. The SMILES string of the molecule is Brc1c2ccc([nH]2)c(-c2ccccc2)c2nc(c(Oc3ccc4ccccc4c3)c3nc(c(-c4ccccc4)c4ccc1[nH]4)C=C3)C=C2. The van der Waals surface area contributed by atoms with Crippen LogP contribution in [0.25, 0.3) is 79.4 Å². The predicted molar refractivity (Wildman–Crippen MR) is 201 cm³/mol. The zero-order valence-electron chi connectivity index (χ0n) is 25.6. The van der Waals surface area contributed by atoms with E-state index in [0.717, 1.165) is 76.7 Å². The second-order valence-corrected chi connectivity index (χ2v) is 12.5. The monoisotopic (exact) mass is 682 g/mol. The molecule has 5 nitrogen and oxygen atoms in total. The Morgan fingerprint density at radius 1 is 0.458 bits per heavy atom. The van der Waals surface area contributed by atoms with Gasteiger partial charge in [0.15, 0.2) is 5.75 Å². The summed E-state index contributed by atoms with van der Waals surface area (Å²) in [5.74, 6) is 1.31. The van der Waals surface area contributed by atoms with E-state index in [0.29, 0.717) is 17.1 Å². The minimum Gasteiger partial charge on any atom is -0.453 e. The summed E-state index contributed by atoms with van der Waals surface area (Å²) in [6.07, 6.45) is 8.15. The van der Waals surface area contributed by atoms with Crippen LogP contribution in [0.15, 0.2) is 132 Å². The van der Waals surface area contributed by atoms with E-state index in [1.807, 2.05) is 66.7 Å². The van der Waals surface area contributed by atoms with Crippen LogP contribution in [0.4, 0.5) is 0 Å². The molecule has 0 fully saturated rings. The molecular weight excluding hydrogens is 656 g/mol. The molecule has 0 radical (unpaired) electrons. The molecule has 0 unspecified atom stereocenters. The lowest BCUT2D eigenvalue weighted by atomic mass is 10.0. The van der Waals surface area contributed by atoms with E-state index < -0.39 is 0 Å². The average Bonchev–Trinajstić information content (AvgIpc) is 3.97. The van der Waals surface area contributed by atoms with Crippen molar-refractivity contribution in [2.45, 2.75) is 0 Å². The summed E-state index contributed by atoms with van der Waals surface area (Å²) in [7, 11) is 0. The molecule has 5 heterocycles. The van der Waals surface area contributed by atoms with Crippen LogP contribution in [0.2, 0.25) is 0 Å². The zero-order chi connectivity index (χ0) is 32.0. The van der Waals surface area contributed by atoms with Crippen molar-refractivity contribution in [3.05, 3.63) is 155 Å². The molecule has 2 aliphatic rings. The highest BCUT2D eigenvalue weighted by atomic mass is 79.9. The fourth-order valence-electron chi connectivity index (χ4n) is 6.42. The van der Waals surface area contributed by atoms with Gasteiger partial charge >= 0.3 is 0 Å². The average molecular weight is 684 g/mol. The topological polar surface area (TPSA) is 66.6 Å². The number of nitrogens with one attached hydrogen (secondary N) is 2. The van der Waals surface area contributed by atoms with Gasteiger partial charge in [-0.05, 0) is 98.5 Å². The molecule has 48 heavy (non-hydrogen) atoms. The molecule has 2 aliphatic heterocycles. The number of hydrogen-bond donors (Lipinski definition) is 2. The van der Waals surface area contributed by atoms with Crippen LogP contribution in [0, 0.1) is 0 Å². The van der Waals surface area contributed by atoms with Crippen LogP contribution < -0.4 is 4.74 Å². The van der Waals surface area contributed by atoms with E-state index in [-0.39, 0.29) is 0 Å². The lowest BCUT2D eigenvalue weighted by Crippen LogP contribution is -1.93. The number of nitrogens with zero attached hydrogens (tertiary/aromatic N) is 2. The van der Waals surface area contributed by atoms with E-state index in [9.17, 15) is 0 Å². The highest BCUT2D eigenvalue weighted by Crippen LogP contribution is 2.38. The zero-order valence-corrected chi connectivity index (χ0v) is 27.2. The van der Waals surface area contributed by atoms with Crippen molar-refractivity contribution >= 4 is 73.1 Å². The first kappa shape index (κ1) is 28.3. The van der Waals surface area contributed by atoms with Gasteiger partial charge in [-0.3, -0.25) is 0 Å². The van der Waals surface area contributed by atoms with Gasteiger partial charge in [0.05, 0.1) is 26.9 Å². The van der Waals surface area contributed by atoms with Crippen LogP contribution in [-0.4, -0.2) is 19.9 Å². The number of H-pyrrole nitrogens is 2. The molecule has 8 bridgehead atoms. The van der Waals surface area contributed by atoms with E-state index >= 15 is 0 Å². The molecule has 3 aromatic heterocycles. The van der Waals surface area contributed by atoms with E-state index in [2.05, 4.69) is 111 Å². The van der Waals surface area contributed by atoms with Gasteiger partial charge in [0.25, 0.3) is 0 Å². The Hall–Kier alpha value is -5.98. The maximum Gasteiger partial charge on any atom is 0.178 e. The first-order valence-corrected chi connectivity index (χ1v) is 16.6. The molecule has 0 spiro atoms. The molecule has 6 heteroatoms. The number of aromatic amines is 2. The van der Waals surface area contributed by atoms with Gasteiger partial charge in [-0.15, -0.1) is 0 Å². The van der Waals surface area contributed by atoms with Crippen molar-refractivity contribution in [3.63, 3.8) is 0 Å². The minimum absolute atomic E-state index is 0.588. The third kappa shape index (κ3) is 5.03. The highest BCUT2D eigenvalue weighted by molar-refractivity contribution is 9.10.